The Hall–Kier alpha value is -0.450. The zero-order chi connectivity index (χ0) is 11.2. The third kappa shape index (κ3) is 9.64. The van der Waals surface area contributed by atoms with Gasteiger partial charge in [0.05, 0.1) is 7.11 Å². The van der Waals surface area contributed by atoms with Gasteiger partial charge in [-0.2, -0.15) is 8.42 Å². The maximum absolute atomic E-state index is 9.16. The summed E-state index contributed by atoms with van der Waals surface area (Å²) in [6.45, 7) is 2.04. The van der Waals surface area contributed by atoms with Crippen LogP contribution in [0.4, 0.5) is 0 Å². The average Bonchev–Trinajstić information content (AvgIpc) is 2.01. The molecule has 1 aromatic rings. The smallest absolute Gasteiger partial charge is 0.317 e. The van der Waals surface area contributed by atoms with Crippen LogP contribution in [0.15, 0.2) is 24.3 Å². The zero-order valence-electron chi connectivity index (χ0n) is 7.70. The van der Waals surface area contributed by atoms with Gasteiger partial charge in [0.25, 0.3) is 0 Å². The molecule has 80 valence electrons. The number of hydrogen-bond donors (Lipinski definition) is 0. The third-order valence-corrected chi connectivity index (χ3v) is 1.23. The van der Waals surface area contributed by atoms with Crippen molar-refractivity contribution in [1.82, 2.24) is 0 Å². The van der Waals surface area contributed by atoms with Gasteiger partial charge in [-0.3, -0.25) is 0 Å². The Balaban J connectivity index is 0.000000292. The van der Waals surface area contributed by atoms with Crippen molar-refractivity contribution in [2.24, 2.45) is 0 Å². The van der Waals surface area contributed by atoms with Crippen molar-refractivity contribution in [3.05, 3.63) is 29.8 Å². The minimum atomic E-state index is -3.72. The van der Waals surface area contributed by atoms with Gasteiger partial charge < -0.3 is 4.74 Å². The highest BCUT2D eigenvalue weighted by atomic mass is 36.0. The van der Waals surface area contributed by atoms with Crippen molar-refractivity contribution in [2.45, 2.75) is 6.92 Å². The predicted molar refractivity (Wildman–Crippen MR) is 58.4 cm³/mol. The molecule has 3 nitrogen and oxygen atoms in total. The van der Waals surface area contributed by atoms with E-state index in [0.717, 1.165) is 5.75 Å². The molecule has 0 saturated carbocycles. The van der Waals surface area contributed by atoms with Gasteiger partial charge in [-0.15, -0.1) is 0 Å². The lowest BCUT2D eigenvalue weighted by atomic mass is 10.2. The van der Waals surface area contributed by atoms with Gasteiger partial charge in [0, 0.05) is 21.4 Å². The summed E-state index contributed by atoms with van der Waals surface area (Å²) < 4.78 is 23.3. The molecule has 1 aromatic carbocycles. The molecule has 0 radical (unpaired) electrons. The number of benzene rings is 1. The van der Waals surface area contributed by atoms with Gasteiger partial charge >= 0.3 is 8.26 Å². The molecule has 1 rings (SSSR count). The molecule has 0 saturated heterocycles. The van der Waals surface area contributed by atoms with Crippen LogP contribution in [0.1, 0.15) is 5.56 Å². The fourth-order valence-corrected chi connectivity index (χ4v) is 0.742. The van der Waals surface area contributed by atoms with Gasteiger partial charge in [-0.05, 0) is 24.6 Å². The van der Waals surface area contributed by atoms with Crippen LogP contribution in [0.5, 0.6) is 5.75 Å². The summed E-state index contributed by atoms with van der Waals surface area (Å²) in [6, 6.07) is 7.96. The highest BCUT2D eigenvalue weighted by molar-refractivity contribution is 8.31. The molecule has 0 unspecified atom stereocenters. The molecule has 0 fully saturated rings. The number of halogens is 2. The van der Waals surface area contributed by atoms with E-state index in [-0.39, 0.29) is 0 Å². The summed E-state index contributed by atoms with van der Waals surface area (Å²) in [5.41, 5.74) is 1.23. The minimum absolute atomic E-state index is 0.926. The second-order valence-electron chi connectivity index (χ2n) is 2.40. The SMILES string of the molecule is COc1cccc(C)c1.O=S(=O)(Cl)Cl. The molecular formula is C8H10Cl2O3S. The van der Waals surface area contributed by atoms with Crippen molar-refractivity contribution in [1.29, 1.82) is 0 Å². The van der Waals surface area contributed by atoms with E-state index in [2.05, 4.69) is 21.4 Å². The van der Waals surface area contributed by atoms with Crippen molar-refractivity contribution in [3.8, 4) is 5.75 Å². The van der Waals surface area contributed by atoms with E-state index in [1.54, 1.807) is 7.11 Å². The molecule has 14 heavy (non-hydrogen) atoms. The molecule has 0 amide bonds. The lowest BCUT2D eigenvalue weighted by molar-refractivity contribution is 0.414. The van der Waals surface area contributed by atoms with Crippen LogP contribution in [0.3, 0.4) is 0 Å². The van der Waals surface area contributed by atoms with E-state index in [0.29, 0.717) is 0 Å². The van der Waals surface area contributed by atoms with Crippen LogP contribution >= 0.6 is 21.4 Å². The first-order chi connectivity index (χ1) is 6.33. The molecule has 0 heterocycles. The first-order valence-corrected chi connectivity index (χ1v) is 6.71. The van der Waals surface area contributed by atoms with Crippen LogP contribution in [-0.2, 0) is 8.26 Å². The Morgan fingerprint density at radius 3 is 2.07 bits per heavy atom. The van der Waals surface area contributed by atoms with Crippen molar-refractivity contribution >= 4 is 29.6 Å². The Labute approximate surface area is 92.5 Å². The second-order valence-corrected chi connectivity index (χ2v) is 6.07. The summed E-state index contributed by atoms with van der Waals surface area (Å²) in [7, 11) is 6.49. The van der Waals surface area contributed by atoms with Crippen molar-refractivity contribution in [2.75, 3.05) is 7.11 Å². The predicted octanol–water partition coefficient (Wildman–Crippen LogP) is 2.71. The Morgan fingerprint density at radius 2 is 1.79 bits per heavy atom. The average molecular weight is 257 g/mol. The van der Waals surface area contributed by atoms with Gasteiger partial charge in [0.15, 0.2) is 0 Å². The van der Waals surface area contributed by atoms with Crippen molar-refractivity contribution in [3.63, 3.8) is 0 Å². The van der Waals surface area contributed by atoms with E-state index >= 15 is 0 Å². The van der Waals surface area contributed by atoms with Crippen LogP contribution in [0.25, 0.3) is 0 Å². The fraction of sp³-hybridized carbons (Fsp3) is 0.250. The number of methoxy groups -OCH3 is 1. The van der Waals surface area contributed by atoms with E-state index in [9.17, 15) is 0 Å². The molecule has 0 aliphatic carbocycles. The molecule has 0 aliphatic heterocycles. The summed E-state index contributed by atoms with van der Waals surface area (Å²) in [5, 5.41) is 0. The van der Waals surface area contributed by atoms with Gasteiger partial charge in [-0.1, -0.05) is 12.1 Å². The Bertz CT molecular complexity index is 368. The summed E-state index contributed by atoms with van der Waals surface area (Å²) in [6.07, 6.45) is 0. The first-order valence-electron chi connectivity index (χ1n) is 3.58. The number of ether oxygens (including phenoxy) is 1. The molecule has 0 spiro atoms. The highest BCUT2D eigenvalue weighted by Crippen LogP contribution is 2.10. The molecule has 6 heteroatoms. The summed E-state index contributed by atoms with van der Waals surface area (Å²) in [4.78, 5) is 0. The molecule has 0 bridgehead atoms. The monoisotopic (exact) mass is 256 g/mol. The Kier molecular flexibility index (Phi) is 5.92. The third-order valence-electron chi connectivity index (χ3n) is 1.23. The number of hydrogen-bond acceptors (Lipinski definition) is 3. The largest absolute Gasteiger partial charge is 0.497 e. The number of rotatable bonds is 1. The van der Waals surface area contributed by atoms with E-state index in [1.165, 1.54) is 5.56 Å². The first kappa shape index (κ1) is 13.6. The molecule has 0 aromatic heterocycles. The fourth-order valence-electron chi connectivity index (χ4n) is 0.742. The van der Waals surface area contributed by atoms with Gasteiger partial charge in [-0.25, -0.2) is 0 Å². The van der Waals surface area contributed by atoms with Crippen molar-refractivity contribution < 1.29 is 13.2 Å². The van der Waals surface area contributed by atoms with Crippen LogP contribution in [0.2, 0.25) is 0 Å². The van der Waals surface area contributed by atoms with E-state index in [4.69, 9.17) is 13.2 Å². The zero-order valence-corrected chi connectivity index (χ0v) is 10.0. The second kappa shape index (κ2) is 6.11. The topological polar surface area (TPSA) is 43.4 Å². The Morgan fingerprint density at radius 1 is 1.29 bits per heavy atom. The van der Waals surface area contributed by atoms with Crippen LogP contribution < -0.4 is 4.74 Å². The van der Waals surface area contributed by atoms with Crippen LogP contribution in [-0.4, -0.2) is 15.5 Å². The molecule has 0 aliphatic rings. The van der Waals surface area contributed by atoms with Gasteiger partial charge in [0.1, 0.15) is 5.75 Å². The quantitative estimate of drug-likeness (QED) is 0.726. The van der Waals surface area contributed by atoms with Gasteiger partial charge in [0.2, 0.25) is 0 Å². The maximum Gasteiger partial charge on any atom is 0.317 e. The summed E-state index contributed by atoms with van der Waals surface area (Å²) >= 11 is 0. The van der Waals surface area contributed by atoms with E-state index in [1.807, 2.05) is 31.2 Å². The standard InChI is InChI=1S/C8H10O.Cl2O2S/c1-7-4-3-5-8(6-7)9-2;1-5(2,3)4/h3-6H,1-2H3;. The highest BCUT2D eigenvalue weighted by Gasteiger charge is 1.88. The normalized spacial score (nSPS) is 10.0. The van der Waals surface area contributed by atoms with Crippen LogP contribution in [0, 0.1) is 6.92 Å². The molecule has 0 N–H and O–H groups in total. The molecule has 0 atom stereocenters. The maximum atomic E-state index is 9.16. The summed E-state index contributed by atoms with van der Waals surface area (Å²) in [5.74, 6) is 0.926. The number of aryl methyl sites for hydroxylation is 1. The van der Waals surface area contributed by atoms with E-state index < -0.39 is 8.26 Å². The lowest BCUT2D eigenvalue weighted by Gasteiger charge is -1.97. The minimum Gasteiger partial charge on any atom is -0.497 e. The lowest BCUT2D eigenvalue weighted by Crippen LogP contribution is -1.81. The molecular weight excluding hydrogens is 247 g/mol.